The van der Waals surface area contributed by atoms with E-state index in [-0.39, 0.29) is 29.8 Å². The van der Waals surface area contributed by atoms with Crippen molar-refractivity contribution in [3.8, 4) is 11.1 Å². The number of thiophene rings is 1. The van der Waals surface area contributed by atoms with Gasteiger partial charge in [-0.2, -0.15) is 4.98 Å². The summed E-state index contributed by atoms with van der Waals surface area (Å²) in [7, 11) is 0. The highest BCUT2D eigenvalue weighted by Gasteiger charge is 2.20. The number of aromatic nitrogens is 3. The number of pyridine rings is 1. The van der Waals surface area contributed by atoms with Gasteiger partial charge in [0.05, 0.1) is 16.5 Å². The van der Waals surface area contributed by atoms with Gasteiger partial charge in [-0.25, -0.2) is 4.52 Å². The number of hydrogen-bond acceptors (Lipinski definition) is 6. The Morgan fingerprint density at radius 3 is 2.53 bits per heavy atom. The van der Waals surface area contributed by atoms with Crippen molar-refractivity contribution >= 4 is 34.7 Å². The molecular weight excluding hydrogens is 448 g/mol. The first-order valence-corrected chi connectivity index (χ1v) is 12.2. The molecule has 4 N–H and O–H groups in total. The molecule has 2 atom stereocenters. The average molecular weight is 477 g/mol. The summed E-state index contributed by atoms with van der Waals surface area (Å²) in [4.78, 5) is 30.7. The molecule has 0 saturated carbocycles. The third kappa shape index (κ3) is 4.94. The van der Waals surface area contributed by atoms with Crippen LogP contribution in [0.1, 0.15) is 65.2 Å². The fraction of sp³-hybridized carbons (Fsp3) is 0.280. The number of nitrogens with one attached hydrogen (secondary N) is 2. The predicted molar refractivity (Wildman–Crippen MR) is 135 cm³/mol. The zero-order valence-corrected chi connectivity index (χ0v) is 20.2. The molecule has 0 aliphatic rings. The highest BCUT2D eigenvalue weighted by Crippen LogP contribution is 2.28. The molecule has 0 aliphatic carbocycles. The zero-order chi connectivity index (χ0) is 24.2. The second kappa shape index (κ2) is 10.0. The van der Waals surface area contributed by atoms with E-state index in [0.717, 1.165) is 29.5 Å². The Hall–Kier alpha value is -3.72. The molecule has 0 saturated heterocycles. The van der Waals surface area contributed by atoms with Crippen molar-refractivity contribution in [3.05, 3.63) is 70.0 Å². The summed E-state index contributed by atoms with van der Waals surface area (Å²) in [5.41, 5.74) is 9.21. The van der Waals surface area contributed by atoms with Gasteiger partial charge in [-0.1, -0.05) is 44.2 Å². The van der Waals surface area contributed by atoms with Gasteiger partial charge in [-0.05, 0) is 48.4 Å². The van der Waals surface area contributed by atoms with Gasteiger partial charge in [0, 0.05) is 17.8 Å². The average Bonchev–Trinajstić information content (AvgIpc) is 3.48. The number of carbonyl (C=O) groups is 2. The summed E-state index contributed by atoms with van der Waals surface area (Å²) in [6.45, 7) is 5.99. The van der Waals surface area contributed by atoms with Crippen LogP contribution in [-0.2, 0) is 0 Å². The smallest absolute Gasteiger partial charge is 0.261 e. The Labute approximate surface area is 202 Å². The third-order valence-electron chi connectivity index (χ3n) is 5.76. The molecule has 8 nitrogen and oxygen atoms in total. The van der Waals surface area contributed by atoms with E-state index in [0.29, 0.717) is 16.1 Å². The number of nitrogen functional groups attached to an aromatic ring is 1. The van der Waals surface area contributed by atoms with Crippen molar-refractivity contribution in [2.75, 3.05) is 5.73 Å². The Morgan fingerprint density at radius 1 is 1.06 bits per heavy atom. The van der Waals surface area contributed by atoms with E-state index in [4.69, 9.17) is 5.73 Å². The Bertz CT molecular complexity index is 1310. The van der Waals surface area contributed by atoms with Crippen LogP contribution < -0.4 is 16.4 Å². The summed E-state index contributed by atoms with van der Waals surface area (Å²) in [6, 6.07) is 13.5. The number of nitrogens with zero attached hydrogens (tertiary/aromatic N) is 3. The molecular formula is C25H28N6O2S. The van der Waals surface area contributed by atoms with Crippen LogP contribution in [0, 0.1) is 0 Å². The minimum Gasteiger partial charge on any atom is -0.366 e. The van der Waals surface area contributed by atoms with Crippen molar-refractivity contribution in [1.29, 1.82) is 0 Å². The van der Waals surface area contributed by atoms with Crippen molar-refractivity contribution in [2.45, 2.75) is 45.7 Å². The number of nitrogens with two attached hydrogens (primary N) is 1. The zero-order valence-electron chi connectivity index (χ0n) is 19.4. The molecule has 0 aliphatic heterocycles. The van der Waals surface area contributed by atoms with Crippen LogP contribution in [0.15, 0.2) is 54.0 Å². The SMILES string of the molecule is CC[C@H](NC(=O)c1cc(-c2cc(C(=O)N[C@@H](C)CC)c3nc(N)nn3c2)cs1)c1ccccc1. The number of rotatable bonds is 8. The molecule has 2 amide bonds. The molecule has 3 heterocycles. The maximum atomic E-state index is 13.0. The van der Waals surface area contributed by atoms with E-state index in [1.54, 1.807) is 12.3 Å². The molecule has 0 fully saturated rings. The van der Waals surface area contributed by atoms with Gasteiger partial charge in [0.2, 0.25) is 5.95 Å². The second-order valence-corrected chi connectivity index (χ2v) is 9.12. The summed E-state index contributed by atoms with van der Waals surface area (Å²) in [5, 5.41) is 12.2. The maximum Gasteiger partial charge on any atom is 0.261 e. The number of amides is 2. The van der Waals surface area contributed by atoms with E-state index < -0.39 is 0 Å². The van der Waals surface area contributed by atoms with Crippen molar-refractivity contribution in [2.24, 2.45) is 0 Å². The molecule has 3 aromatic heterocycles. The number of carbonyl (C=O) groups excluding carboxylic acids is 2. The highest BCUT2D eigenvalue weighted by atomic mass is 32.1. The quantitative estimate of drug-likeness (QED) is 0.348. The molecule has 0 unspecified atom stereocenters. The summed E-state index contributed by atoms with van der Waals surface area (Å²) >= 11 is 1.36. The monoisotopic (exact) mass is 476 g/mol. The topological polar surface area (TPSA) is 114 Å². The lowest BCUT2D eigenvalue weighted by Crippen LogP contribution is -2.32. The summed E-state index contributed by atoms with van der Waals surface area (Å²) in [6.07, 6.45) is 3.36. The Morgan fingerprint density at radius 2 is 1.82 bits per heavy atom. The number of hydrogen-bond donors (Lipinski definition) is 3. The van der Waals surface area contributed by atoms with Crippen LogP contribution >= 0.6 is 11.3 Å². The molecule has 1 aromatic carbocycles. The van der Waals surface area contributed by atoms with Crippen LogP contribution in [-0.4, -0.2) is 32.5 Å². The molecule has 4 rings (SSSR count). The van der Waals surface area contributed by atoms with Crippen LogP contribution in [0.25, 0.3) is 16.8 Å². The molecule has 176 valence electrons. The largest absolute Gasteiger partial charge is 0.366 e. The summed E-state index contributed by atoms with van der Waals surface area (Å²) < 4.78 is 1.51. The van der Waals surface area contributed by atoms with Gasteiger partial charge in [0.25, 0.3) is 11.8 Å². The van der Waals surface area contributed by atoms with E-state index in [1.165, 1.54) is 15.9 Å². The maximum absolute atomic E-state index is 13.0. The van der Waals surface area contributed by atoms with Crippen LogP contribution in [0.3, 0.4) is 0 Å². The Kier molecular flexibility index (Phi) is 6.93. The van der Waals surface area contributed by atoms with Crippen molar-refractivity contribution in [1.82, 2.24) is 25.2 Å². The lowest BCUT2D eigenvalue weighted by atomic mass is 10.0. The molecule has 0 spiro atoms. The standard InChI is InChI=1S/C25H28N6O2S/c1-4-15(3)27-23(32)19-11-17(13-31-22(19)29-25(26)30-31)18-12-21(34-14-18)24(33)28-20(5-2)16-9-7-6-8-10-16/h6-15,20H,4-5H2,1-3H3,(H2,26,30)(H,27,32)(H,28,33)/t15-,20-/m0/s1. The number of benzene rings is 1. The normalized spacial score (nSPS) is 12.9. The van der Waals surface area contributed by atoms with Gasteiger partial charge in [0.1, 0.15) is 0 Å². The van der Waals surface area contributed by atoms with E-state index in [9.17, 15) is 9.59 Å². The van der Waals surface area contributed by atoms with Gasteiger partial charge in [0.15, 0.2) is 5.65 Å². The first-order valence-electron chi connectivity index (χ1n) is 11.3. The van der Waals surface area contributed by atoms with Crippen LogP contribution in [0.5, 0.6) is 0 Å². The minimum absolute atomic E-state index is 0.0176. The fourth-order valence-corrected chi connectivity index (χ4v) is 4.49. The first-order chi connectivity index (χ1) is 16.4. The Balaban J connectivity index is 1.62. The van der Waals surface area contributed by atoms with Gasteiger partial charge < -0.3 is 16.4 Å². The van der Waals surface area contributed by atoms with Crippen molar-refractivity contribution in [3.63, 3.8) is 0 Å². The van der Waals surface area contributed by atoms with E-state index in [2.05, 4.69) is 20.7 Å². The van der Waals surface area contributed by atoms with E-state index in [1.807, 2.05) is 62.5 Å². The number of fused-ring (bicyclic) bond motifs is 1. The highest BCUT2D eigenvalue weighted by molar-refractivity contribution is 7.12. The lowest BCUT2D eigenvalue weighted by Gasteiger charge is -2.16. The van der Waals surface area contributed by atoms with Gasteiger partial charge in [-0.15, -0.1) is 16.4 Å². The lowest BCUT2D eigenvalue weighted by molar-refractivity contribution is 0.0931. The first kappa shape index (κ1) is 23.4. The third-order valence-corrected chi connectivity index (χ3v) is 6.69. The second-order valence-electron chi connectivity index (χ2n) is 8.21. The summed E-state index contributed by atoms with van der Waals surface area (Å²) in [5.74, 6) is -0.283. The molecule has 34 heavy (non-hydrogen) atoms. The molecule has 4 aromatic rings. The van der Waals surface area contributed by atoms with E-state index >= 15 is 0 Å². The predicted octanol–water partition coefficient (Wildman–Crippen LogP) is 4.45. The van der Waals surface area contributed by atoms with Crippen molar-refractivity contribution < 1.29 is 9.59 Å². The fourth-order valence-electron chi connectivity index (χ4n) is 3.67. The van der Waals surface area contributed by atoms with Gasteiger partial charge >= 0.3 is 0 Å². The van der Waals surface area contributed by atoms with Gasteiger partial charge in [-0.3, -0.25) is 9.59 Å². The number of anilines is 1. The molecule has 9 heteroatoms. The molecule has 0 bridgehead atoms. The molecule has 0 radical (unpaired) electrons. The minimum atomic E-state index is -0.240. The van der Waals surface area contributed by atoms with Crippen LogP contribution in [0.2, 0.25) is 0 Å². The van der Waals surface area contributed by atoms with Crippen LogP contribution in [0.4, 0.5) is 5.95 Å².